The van der Waals surface area contributed by atoms with Gasteiger partial charge < -0.3 is 10.6 Å². The van der Waals surface area contributed by atoms with E-state index in [1.165, 1.54) is 0 Å². The van der Waals surface area contributed by atoms with E-state index in [1.54, 1.807) is 12.1 Å². The standard InChI is InChI=1S/C15H22F3N3/c1-11-10-21(8-7-20(11)2)14(9-19)12-3-5-13(6-4-12)15(16,17)18/h3-6,11,14H,7-10,19H2,1-2H3. The first-order valence-electron chi connectivity index (χ1n) is 7.14. The lowest BCUT2D eigenvalue weighted by Crippen LogP contribution is -2.52. The van der Waals surface area contributed by atoms with Crippen LogP contribution >= 0.6 is 0 Å². The molecule has 118 valence electrons. The number of nitrogens with two attached hydrogens (primary N) is 1. The van der Waals surface area contributed by atoms with Crippen molar-refractivity contribution in [3.8, 4) is 0 Å². The van der Waals surface area contributed by atoms with E-state index in [2.05, 4.69) is 23.8 Å². The van der Waals surface area contributed by atoms with Crippen molar-refractivity contribution >= 4 is 0 Å². The predicted octanol–water partition coefficient (Wildman–Crippen LogP) is 2.34. The molecule has 1 saturated heterocycles. The molecule has 1 aromatic rings. The van der Waals surface area contributed by atoms with Crippen molar-refractivity contribution in [3.63, 3.8) is 0 Å². The Morgan fingerprint density at radius 3 is 2.33 bits per heavy atom. The maximum absolute atomic E-state index is 12.6. The maximum Gasteiger partial charge on any atom is 0.416 e. The summed E-state index contributed by atoms with van der Waals surface area (Å²) in [6.07, 6.45) is -4.29. The van der Waals surface area contributed by atoms with Gasteiger partial charge in [-0.1, -0.05) is 12.1 Å². The normalized spacial score (nSPS) is 23.2. The number of hydrogen-bond donors (Lipinski definition) is 1. The van der Waals surface area contributed by atoms with E-state index in [1.807, 2.05) is 0 Å². The first kappa shape index (κ1) is 16.3. The highest BCUT2D eigenvalue weighted by molar-refractivity contribution is 5.27. The second kappa shape index (κ2) is 6.34. The van der Waals surface area contributed by atoms with Crippen LogP contribution in [0.1, 0.15) is 24.1 Å². The number of hydrogen-bond acceptors (Lipinski definition) is 3. The summed E-state index contributed by atoms with van der Waals surface area (Å²) >= 11 is 0. The van der Waals surface area contributed by atoms with Gasteiger partial charge in [-0.3, -0.25) is 4.90 Å². The summed E-state index contributed by atoms with van der Waals surface area (Å²) in [6.45, 7) is 5.25. The summed E-state index contributed by atoms with van der Waals surface area (Å²) in [5, 5.41) is 0. The molecule has 0 amide bonds. The lowest BCUT2D eigenvalue weighted by molar-refractivity contribution is -0.137. The molecule has 2 rings (SSSR count). The first-order chi connectivity index (χ1) is 9.82. The van der Waals surface area contributed by atoms with Gasteiger partial charge in [0.05, 0.1) is 5.56 Å². The average molecular weight is 301 g/mol. The Hall–Kier alpha value is -1.11. The number of rotatable bonds is 3. The second-order valence-electron chi connectivity index (χ2n) is 5.70. The van der Waals surface area contributed by atoms with Crippen LogP contribution in [0.2, 0.25) is 0 Å². The van der Waals surface area contributed by atoms with Crippen LogP contribution in [0.5, 0.6) is 0 Å². The number of alkyl halides is 3. The maximum atomic E-state index is 12.6. The van der Waals surface area contributed by atoms with E-state index in [9.17, 15) is 13.2 Å². The summed E-state index contributed by atoms with van der Waals surface area (Å²) in [5.41, 5.74) is 6.09. The monoisotopic (exact) mass is 301 g/mol. The molecule has 0 spiro atoms. The van der Waals surface area contributed by atoms with Gasteiger partial charge in [0.25, 0.3) is 0 Å². The van der Waals surface area contributed by atoms with Gasteiger partial charge in [-0.05, 0) is 31.7 Å². The van der Waals surface area contributed by atoms with Crippen molar-refractivity contribution in [1.82, 2.24) is 9.80 Å². The van der Waals surface area contributed by atoms with Crippen molar-refractivity contribution in [3.05, 3.63) is 35.4 Å². The van der Waals surface area contributed by atoms with E-state index in [0.29, 0.717) is 12.6 Å². The van der Waals surface area contributed by atoms with Crippen LogP contribution in [-0.4, -0.2) is 49.1 Å². The van der Waals surface area contributed by atoms with Crippen molar-refractivity contribution < 1.29 is 13.2 Å². The fourth-order valence-electron chi connectivity index (χ4n) is 2.75. The third-order valence-electron chi connectivity index (χ3n) is 4.28. The molecule has 1 aliphatic rings. The Morgan fingerprint density at radius 1 is 1.24 bits per heavy atom. The van der Waals surface area contributed by atoms with Crippen LogP contribution in [0.25, 0.3) is 0 Å². The SMILES string of the molecule is CC1CN(C(CN)c2ccc(C(F)(F)F)cc2)CCN1C. The Bertz CT molecular complexity index is 458. The Balaban J connectivity index is 2.14. The first-order valence-corrected chi connectivity index (χ1v) is 7.14. The van der Waals surface area contributed by atoms with Crippen LogP contribution in [0, 0.1) is 0 Å². The molecule has 0 saturated carbocycles. The van der Waals surface area contributed by atoms with Gasteiger partial charge >= 0.3 is 6.18 Å². The summed E-state index contributed by atoms with van der Waals surface area (Å²) in [4.78, 5) is 4.53. The molecule has 2 unspecified atom stereocenters. The Kier molecular flexibility index (Phi) is 4.91. The molecule has 1 aromatic carbocycles. The highest BCUT2D eigenvalue weighted by Crippen LogP contribution is 2.31. The van der Waals surface area contributed by atoms with Gasteiger partial charge in [-0.25, -0.2) is 0 Å². The minimum Gasteiger partial charge on any atom is -0.329 e. The number of nitrogens with zero attached hydrogens (tertiary/aromatic N) is 2. The highest BCUT2D eigenvalue weighted by Gasteiger charge is 2.31. The molecule has 2 atom stereocenters. The molecule has 2 N–H and O–H groups in total. The zero-order valence-corrected chi connectivity index (χ0v) is 12.4. The minimum atomic E-state index is -4.29. The number of halogens is 3. The molecule has 0 aromatic heterocycles. The van der Waals surface area contributed by atoms with E-state index in [-0.39, 0.29) is 6.04 Å². The third kappa shape index (κ3) is 3.75. The number of benzene rings is 1. The van der Waals surface area contributed by atoms with Gasteiger partial charge in [-0.2, -0.15) is 13.2 Å². The van der Waals surface area contributed by atoms with Crippen LogP contribution < -0.4 is 5.73 Å². The molecule has 0 aliphatic carbocycles. The van der Waals surface area contributed by atoms with E-state index < -0.39 is 11.7 Å². The minimum absolute atomic E-state index is 0.0246. The smallest absolute Gasteiger partial charge is 0.329 e. The molecule has 1 heterocycles. The molecule has 3 nitrogen and oxygen atoms in total. The molecule has 0 bridgehead atoms. The summed E-state index contributed by atoms with van der Waals surface area (Å²) < 4.78 is 37.8. The quantitative estimate of drug-likeness (QED) is 0.930. The van der Waals surface area contributed by atoms with Gasteiger partial charge in [0.2, 0.25) is 0 Å². The summed E-state index contributed by atoms with van der Waals surface area (Å²) in [5.74, 6) is 0. The lowest BCUT2D eigenvalue weighted by Gasteiger charge is -2.41. The second-order valence-corrected chi connectivity index (χ2v) is 5.70. The summed E-state index contributed by atoms with van der Waals surface area (Å²) in [6, 6.07) is 5.76. The molecule has 21 heavy (non-hydrogen) atoms. The van der Waals surface area contributed by atoms with Gasteiger partial charge in [0.1, 0.15) is 0 Å². The Labute approximate surface area is 123 Å². The van der Waals surface area contributed by atoms with Gasteiger partial charge in [0.15, 0.2) is 0 Å². The van der Waals surface area contributed by atoms with E-state index in [4.69, 9.17) is 5.73 Å². The third-order valence-corrected chi connectivity index (χ3v) is 4.28. The van der Waals surface area contributed by atoms with Gasteiger partial charge in [-0.15, -0.1) is 0 Å². The number of likely N-dealkylation sites (N-methyl/N-ethyl adjacent to an activating group) is 1. The fraction of sp³-hybridized carbons (Fsp3) is 0.600. The van der Waals surface area contributed by atoms with Crippen LogP contribution in [-0.2, 0) is 6.18 Å². The predicted molar refractivity (Wildman–Crippen MR) is 76.9 cm³/mol. The molecular weight excluding hydrogens is 279 g/mol. The molecular formula is C15H22F3N3. The van der Waals surface area contributed by atoms with Gasteiger partial charge in [0, 0.05) is 38.3 Å². The van der Waals surface area contributed by atoms with Crippen molar-refractivity contribution in [2.75, 3.05) is 33.2 Å². The molecule has 1 fully saturated rings. The van der Waals surface area contributed by atoms with Crippen LogP contribution in [0.3, 0.4) is 0 Å². The largest absolute Gasteiger partial charge is 0.416 e. The molecule has 1 aliphatic heterocycles. The Morgan fingerprint density at radius 2 is 1.86 bits per heavy atom. The zero-order chi connectivity index (χ0) is 15.6. The number of piperazine rings is 1. The average Bonchev–Trinajstić information content (AvgIpc) is 2.43. The lowest BCUT2D eigenvalue weighted by atomic mass is 10.0. The van der Waals surface area contributed by atoms with Crippen molar-refractivity contribution in [2.45, 2.75) is 25.2 Å². The summed E-state index contributed by atoms with van der Waals surface area (Å²) in [7, 11) is 2.08. The van der Waals surface area contributed by atoms with E-state index >= 15 is 0 Å². The highest BCUT2D eigenvalue weighted by atomic mass is 19.4. The van der Waals surface area contributed by atoms with Crippen LogP contribution in [0.4, 0.5) is 13.2 Å². The fourth-order valence-corrected chi connectivity index (χ4v) is 2.75. The van der Waals surface area contributed by atoms with E-state index in [0.717, 1.165) is 37.3 Å². The zero-order valence-electron chi connectivity index (χ0n) is 12.4. The molecule has 6 heteroatoms. The van der Waals surface area contributed by atoms with Crippen molar-refractivity contribution in [1.29, 1.82) is 0 Å². The molecule has 0 radical (unpaired) electrons. The topological polar surface area (TPSA) is 32.5 Å². The van der Waals surface area contributed by atoms with Crippen LogP contribution in [0.15, 0.2) is 24.3 Å². The van der Waals surface area contributed by atoms with Crippen molar-refractivity contribution in [2.24, 2.45) is 5.73 Å².